The topological polar surface area (TPSA) is 57.2 Å². The predicted octanol–water partition coefficient (Wildman–Crippen LogP) is 1.18. The zero-order chi connectivity index (χ0) is 13.2. The van der Waals surface area contributed by atoms with Gasteiger partial charge in [0, 0.05) is 0 Å². The van der Waals surface area contributed by atoms with E-state index in [9.17, 15) is 5.11 Å². The SMILES string of the molecule is CC1(C)O[C@@H]2[C@@H](CC[C@@]3(CO)OC(C)(C)O[C@@H]23)O1. The third-order valence-corrected chi connectivity index (χ3v) is 4.02. The van der Waals surface area contributed by atoms with Crippen molar-refractivity contribution in [2.24, 2.45) is 0 Å². The van der Waals surface area contributed by atoms with Gasteiger partial charge in [-0.3, -0.25) is 0 Å². The molecule has 1 N–H and O–H groups in total. The van der Waals surface area contributed by atoms with Crippen LogP contribution in [-0.4, -0.2) is 47.2 Å². The third kappa shape index (κ3) is 1.80. The van der Waals surface area contributed by atoms with Crippen LogP contribution in [0.4, 0.5) is 0 Å². The van der Waals surface area contributed by atoms with E-state index in [0.29, 0.717) is 0 Å². The van der Waals surface area contributed by atoms with Gasteiger partial charge < -0.3 is 24.1 Å². The summed E-state index contributed by atoms with van der Waals surface area (Å²) in [7, 11) is 0. The molecule has 5 heteroatoms. The molecule has 4 atom stereocenters. The maximum Gasteiger partial charge on any atom is 0.164 e. The molecule has 0 bridgehead atoms. The molecule has 0 radical (unpaired) electrons. The van der Waals surface area contributed by atoms with E-state index in [1.54, 1.807) is 0 Å². The lowest BCUT2D eigenvalue weighted by Gasteiger charge is -2.39. The highest BCUT2D eigenvalue weighted by Gasteiger charge is 2.63. The van der Waals surface area contributed by atoms with E-state index in [1.165, 1.54) is 0 Å². The maximum atomic E-state index is 9.73. The number of hydrogen-bond acceptors (Lipinski definition) is 5. The molecule has 2 heterocycles. The minimum atomic E-state index is -0.682. The second-order valence-corrected chi connectivity index (χ2v) is 6.44. The molecule has 3 rings (SSSR count). The van der Waals surface area contributed by atoms with Gasteiger partial charge in [0.05, 0.1) is 12.7 Å². The molecule has 18 heavy (non-hydrogen) atoms. The van der Waals surface area contributed by atoms with Gasteiger partial charge in [-0.2, -0.15) is 0 Å². The third-order valence-electron chi connectivity index (χ3n) is 4.02. The second kappa shape index (κ2) is 3.67. The first-order valence-electron chi connectivity index (χ1n) is 6.61. The summed E-state index contributed by atoms with van der Waals surface area (Å²) in [6, 6.07) is 0. The van der Waals surface area contributed by atoms with Gasteiger partial charge in [-0.25, -0.2) is 0 Å². The van der Waals surface area contributed by atoms with E-state index < -0.39 is 17.2 Å². The Balaban J connectivity index is 1.90. The number of ether oxygens (including phenoxy) is 4. The zero-order valence-corrected chi connectivity index (χ0v) is 11.4. The molecule has 3 fully saturated rings. The monoisotopic (exact) mass is 258 g/mol. The van der Waals surface area contributed by atoms with Crippen LogP contribution in [0.2, 0.25) is 0 Å². The Morgan fingerprint density at radius 1 is 1.06 bits per heavy atom. The van der Waals surface area contributed by atoms with Crippen molar-refractivity contribution in [3.05, 3.63) is 0 Å². The molecule has 3 aliphatic rings. The minimum absolute atomic E-state index is 0.0298. The molecule has 0 unspecified atom stereocenters. The highest BCUT2D eigenvalue weighted by molar-refractivity contribution is 5.08. The predicted molar refractivity (Wildman–Crippen MR) is 62.9 cm³/mol. The molecule has 0 spiro atoms. The molecule has 0 aromatic carbocycles. The lowest BCUT2D eigenvalue weighted by molar-refractivity contribution is -0.180. The number of aliphatic hydroxyl groups is 1. The van der Waals surface area contributed by atoms with Crippen molar-refractivity contribution in [2.45, 2.75) is 76.0 Å². The van der Waals surface area contributed by atoms with Crippen LogP contribution in [0.3, 0.4) is 0 Å². The maximum absolute atomic E-state index is 9.73. The summed E-state index contributed by atoms with van der Waals surface area (Å²) in [5, 5.41) is 9.73. The smallest absolute Gasteiger partial charge is 0.164 e. The normalized spacial score (nSPS) is 48.8. The average Bonchev–Trinajstić information content (AvgIpc) is 2.70. The summed E-state index contributed by atoms with van der Waals surface area (Å²) in [5.41, 5.74) is -0.644. The molecule has 2 saturated heterocycles. The fourth-order valence-corrected chi connectivity index (χ4v) is 3.48. The fraction of sp³-hybridized carbons (Fsp3) is 1.00. The quantitative estimate of drug-likeness (QED) is 0.765. The van der Waals surface area contributed by atoms with Crippen molar-refractivity contribution in [1.82, 2.24) is 0 Å². The fourth-order valence-electron chi connectivity index (χ4n) is 3.48. The molecule has 0 amide bonds. The van der Waals surface area contributed by atoms with Crippen LogP contribution in [-0.2, 0) is 18.9 Å². The van der Waals surface area contributed by atoms with Gasteiger partial charge in [0.25, 0.3) is 0 Å². The Hall–Kier alpha value is -0.200. The van der Waals surface area contributed by atoms with Crippen LogP contribution in [0.15, 0.2) is 0 Å². The van der Waals surface area contributed by atoms with Crippen molar-refractivity contribution in [3.63, 3.8) is 0 Å². The minimum Gasteiger partial charge on any atom is -0.393 e. The van der Waals surface area contributed by atoms with E-state index >= 15 is 0 Å². The summed E-state index contributed by atoms with van der Waals surface area (Å²) in [5.74, 6) is -1.27. The van der Waals surface area contributed by atoms with Gasteiger partial charge in [0.2, 0.25) is 0 Å². The molecule has 1 saturated carbocycles. The molecule has 1 aliphatic carbocycles. The average molecular weight is 258 g/mol. The van der Waals surface area contributed by atoms with Crippen LogP contribution >= 0.6 is 0 Å². The Morgan fingerprint density at radius 3 is 2.44 bits per heavy atom. The van der Waals surface area contributed by atoms with E-state index in [2.05, 4.69) is 0 Å². The Bertz CT molecular complexity index is 353. The van der Waals surface area contributed by atoms with Gasteiger partial charge in [-0.15, -0.1) is 0 Å². The van der Waals surface area contributed by atoms with Crippen molar-refractivity contribution < 1.29 is 24.1 Å². The lowest BCUT2D eigenvalue weighted by atomic mass is 9.79. The first-order chi connectivity index (χ1) is 8.27. The van der Waals surface area contributed by atoms with Gasteiger partial charge in [0.1, 0.15) is 17.8 Å². The molecule has 0 aromatic rings. The summed E-state index contributed by atoms with van der Waals surface area (Å²) in [6.07, 6.45) is 1.16. The summed E-state index contributed by atoms with van der Waals surface area (Å²) >= 11 is 0. The van der Waals surface area contributed by atoms with Crippen LogP contribution < -0.4 is 0 Å². The van der Waals surface area contributed by atoms with Gasteiger partial charge >= 0.3 is 0 Å². The van der Waals surface area contributed by atoms with E-state index in [-0.39, 0.29) is 24.9 Å². The Kier molecular flexibility index (Phi) is 2.61. The largest absolute Gasteiger partial charge is 0.393 e. The van der Waals surface area contributed by atoms with Crippen LogP contribution in [0, 0.1) is 0 Å². The first kappa shape index (κ1) is 12.8. The zero-order valence-electron chi connectivity index (χ0n) is 11.4. The second-order valence-electron chi connectivity index (χ2n) is 6.44. The number of hydrogen-bond donors (Lipinski definition) is 1. The standard InChI is InChI=1S/C13H22O5/c1-11(2)15-8-5-6-13(7-14)10(9(8)16-11)17-12(3,4)18-13/h8-10,14H,5-7H2,1-4H3/t8-,9-,10+,13+/m1/s1. The Morgan fingerprint density at radius 2 is 1.78 bits per heavy atom. The number of rotatable bonds is 1. The first-order valence-corrected chi connectivity index (χ1v) is 6.61. The molecule has 0 aromatic heterocycles. The van der Waals surface area contributed by atoms with Gasteiger partial charge in [-0.05, 0) is 40.5 Å². The molecule has 104 valence electrons. The summed E-state index contributed by atoms with van der Waals surface area (Å²) in [4.78, 5) is 0. The highest BCUT2D eigenvalue weighted by Crippen LogP contribution is 2.49. The van der Waals surface area contributed by atoms with Crippen LogP contribution in [0.5, 0.6) is 0 Å². The number of fused-ring (bicyclic) bond motifs is 3. The summed E-state index contributed by atoms with van der Waals surface area (Å²) in [6.45, 7) is 7.52. The Labute approximate surface area is 107 Å². The van der Waals surface area contributed by atoms with Gasteiger partial charge in [0.15, 0.2) is 11.6 Å². The van der Waals surface area contributed by atoms with Gasteiger partial charge in [-0.1, -0.05) is 0 Å². The molecule has 5 nitrogen and oxygen atoms in total. The van der Waals surface area contributed by atoms with E-state index in [4.69, 9.17) is 18.9 Å². The van der Waals surface area contributed by atoms with Crippen molar-refractivity contribution in [3.8, 4) is 0 Å². The molecular formula is C13H22O5. The van der Waals surface area contributed by atoms with Crippen molar-refractivity contribution in [1.29, 1.82) is 0 Å². The highest BCUT2D eigenvalue weighted by atomic mass is 16.8. The molecule has 2 aliphatic heterocycles. The lowest BCUT2D eigenvalue weighted by Crippen LogP contribution is -2.56. The van der Waals surface area contributed by atoms with Crippen LogP contribution in [0.1, 0.15) is 40.5 Å². The van der Waals surface area contributed by atoms with Crippen molar-refractivity contribution in [2.75, 3.05) is 6.61 Å². The van der Waals surface area contributed by atoms with Crippen molar-refractivity contribution >= 4 is 0 Å². The van der Waals surface area contributed by atoms with Crippen LogP contribution in [0.25, 0.3) is 0 Å². The number of aliphatic hydroxyl groups excluding tert-OH is 1. The van der Waals surface area contributed by atoms with E-state index in [1.807, 2.05) is 27.7 Å². The molecular weight excluding hydrogens is 236 g/mol. The summed E-state index contributed by atoms with van der Waals surface area (Å²) < 4.78 is 23.8. The van der Waals surface area contributed by atoms with E-state index in [0.717, 1.165) is 12.8 Å².